The minimum Gasteiger partial charge on any atom is -0.267 e. The van der Waals surface area contributed by atoms with Crippen molar-refractivity contribution in [1.82, 2.24) is 20.6 Å². The first-order chi connectivity index (χ1) is 12.0. The van der Waals surface area contributed by atoms with Crippen molar-refractivity contribution in [3.63, 3.8) is 0 Å². The molecule has 1 saturated carbocycles. The Hall–Kier alpha value is -2.78. The van der Waals surface area contributed by atoms with E-state index in [4.69, 9.17) is 0 Å². The number of pyridine rings is 1. The third kappa shape index (κ3) is 4.40. The van der Waals surface area contributed by atoms with Gasteiger partial charge in [-0.3, -0.25) is 25.4 Å². The van der Waals surface area contributed by atoms with E-state index in [1.165, 1.54) is 48.8 Å². The van der Waals surface area contributed by atoms with Crippen LogP contribution in [0.3, 0.4) is 0 Å². The van der Waals surface area contributed by atoms with Crippen molar-refractivity contribution in [2.75, 3.05) is 0 Å². The molecule has 2 aromatic rings. The average molecular weight is 360 g/mol. The molecule has 8 nitrogen and oxygen atoms in total. The molecule has 0 atom stereocenters. The van der Waals surface area contributed by atoms with Crippen LogP contribution in [0, 0.1) is 0 Å². The van der Waals surface area contributed by atoms with Gasteiger partial charge in [-0.15, -0.1) is 0 Å². The van der Waals surface area contributed by atoms with Gasteiger partial charge >= 0.3 is 0 Å². The van der Waals surface area contributed by atoms with Gasteiger partial charge in [0.1, 0.15) is 0 Å². The maximum atomic E-state index is 12.1. The highest BCUT2D eigenvalue weighted by molar-refractivity contribution is 7.89. The van der Waals surface area contributed by atoms with E-state index in [1.54, 1.807) is 0 Å². The Labute approximate surface area is 144 Å². The largest absolute Gasteiger partial charge is 0.269 e. The standard InChI is InChI=1S/C16H16N4O4S/c21-15(18-19-16(22)12-7-9-17-10-8-12)11-1-5-14(6-2-11)25(23,24)20-13-3-4-13/h1-2,5-10,13,20H,3-4H2,(H,18,21)(H,19,22). The first-order valence-electron chi connectivity index (χ1n) is 7.59. The van der Waals surface area contributed by atoms with Crippen LogP contribution in [0.5, 0.6) is 0 Å². The highest BCUT2D eigenvalue weighted by Gasteiger charge is 2.27. The maximum absolute atomic E-state index is 12.1. The topological polar surface area (TPSA) is 117 Å². The molecule has 130 valence electrons. The van der Waals surface area contributed by atoms with Crippen LogP contribution in [0.15, 0.2) is 53.7 Å². The molecule has 0 bridgehead atoms. The van der Waals surface area contributed by atoms with Crippen molar-refractivity contribution >= 4 is 21.8 Å². The molecule has 0 aliphatic heterocycles. The number of carbonyl (C=O) groups excluding carboxylic acids is 2. The molecule has 3 rings (SSSR count). The summed E-state index contributed by atoms with van der Waals surface area (Å²) in [5.74, 6) is -1.04. The average Bonchev–Trinajstić information content (AvgIpc) is 3.43. The molecule has 9 heteroatoms. The van der Waals surface area contributed by atoms with Gasteiger partial charge in [0, 0.05) is 29.6 Å². The first kappa shape index (κ1) is 17.1. The van der Waals surface area contributed by atoms with Crippen LogP contribution >= 0.6 is 0 Å². The molecular weight excluding hydrogens is 344 g/mol. The van der Waals surface area contributed by atoms with Gasteiger partial charge < -0.3 is 0 Å². The zero-order chi connectivity index (χ0) is 17.9. The van der Waals surface area contributed by atoms with Gasteiger partial charge in [-0.25, -0.2) is 13.1 Å². The number of sulfonamides is 1. The number of carbonyl (C=O) groups is 2. The summed E-state index contributed by atoms with van der Waals surface area (Å²) in [5, 5.41) is 0. The Morgan fingerprint density at radius 3 is 1.92 bits per heavy atom. The van der Waals surface area contributed by atoms with E-state index in [0.29, 0.717) is 5.56 Å². The number of nitrogens with zero attached hydrogens (tertiary/aromatic N) is 1. The second-order valence-corrected chi connectivity index (χ2v) is 7.28. The number of rotatable bonds is 5. The van der Waals surface area contributed by atoms with Crippen LogP contribution in [0.4, 0.5) is 0 Å². The molecule has 3 N–H and O–H groups in total. The van der Waals surface area contributed by atoms with Gasteiger partial charge in [0.05, 0.1) is 4.90 Å². The van der Waals surface area contributed by atoms with Crippen molar-refractivity contribution in [1.29, 1.82) is 0 Å². The third-order valence-corrected chi connectivity index (χ3v) is 5.09. The fourth-order valence-corrected chi connectivity index (χ4v) is 3.34. The molecule has 1 aromatic carbocycles. The Kier molecular flexibility index (Phi) is 4.77. The third-order valence-electron chi connectivity index (χ3n) is 3.56. The second-order valence-electron chi connectivity index (χ2n) is 5.56. The van der Waals surface area contributed by atoms with Crippen LogP contribution in [0.2, 0.25) is 0 Å². The molecule has 1 aromatic heterocycles. The summed E-state index contributed by atoms with van der Waals surface area (Å²) < 4.78 is 26.7. The molecule has 1 aliphatic carbocycles. The molecule has 1 aliphatic rings. The van der Waals surface area contributed by atoms with E-state index >= 15 is 0 Å². The monoisotopic (exact) mass is 360 g/mol. The lowest BCUT2D eigenvalue weighted by atomic mass is 10.2. The van der Waals surface area contributed by atoms with Crippen LogP contribution in [0.1, 0.15) is 33.6 Å². The minimum absolute atomic E-state index is 0.0105. The molecule has 1 heterocycles. The van der Waals surface area contributed by atoms with Crippen molar-refractivity contribution in [2.45, 2.75) is 23.8 Å². The number of hydrogen-bond acceptors (Lipinski definition) is 5. The zero-order valence-electron chi connectivity index (χ0n) is 13.1. The summed E-state index contributed by atoms with van der Waals surface area (Å²) in [6.07, 6.45) is 4.62. The van der Waals surface area contributed by atoms with Gasteiger partial charge in [0.25, 0.3) is 11.8 Å². The lowest BCUT2D eigenvalue weighted by Gasteiger charge is -2.08. The van der Waals surface area contributed by atoms with Gasteiger partial charge in [-0.05, 0) is 49.2 Å². The molecule has 1 fully saturated rings. The highest BCUT2D eigenvalue weighted by Crippen LogP contribution is 2.22. The number of benzene rings is 1. The van der Waals surface area contributed by atoms with Crippen molar-refractivity contribution in [3.05, 3.63) is 59.9 Å². The van der Waals surface area contributed by atoms with Gasteiger partial charge in [-0.1, -0.05) is 0 Å². The molecular formula is C16H16N4O4S. The molecule has 25 heavy (non-hydrogen) atoms. The van der Waals surface area contributed by atoms with Crippen LogP contribution < -0.4 is 15.6 Å². The molecule has 0 unspecified atom stereocenters. The SMILES string of the molecule is O=C(NNC(=O)c1ccc(S(=O)(=O)NC2CC2)cc1)c1ccncc1. The summed E-state index contributed by atoms with van der Waals surface area (Å²) in [7, 11) is -3.56. The summed E-state index contributed by atoms with van der Waals surface area (Å²) in [6, 6.07) is 8.50. The smallest absolute Gasteiger partial charge is 0.267 e. The van der Waals surface area contributed by atoms with E-state index in [2.05, 4.69) is 20.6 Å². The summed E-state index contributed by atoms with van der Waals surface area (Å²) in [6.45, 7) is 0. The zero-order valence-corrected chi connectivity index (χ0v) is 13.9. The lowest BCUT2D eigenvalue weighted by Crippen LogP contribution is -2.41. The quantitative estimate of drug-likeness (QED) is 0.675. The van der Waals surface area contributed by atoms with E-state index in [-0.39, 0.29) is 16.5 Å². The predicted octanol–water partition coefficient (Wildman–Crippen LogP) is 0.597. The fourth-order valence-electron chi connectivity index (χ4n) is 2.04. The van der Waals surface area contributed by atoms with Gasteiger partial charge in [-0.2, -0.15) is 0 Å². The van der Waals surface area contributed by atoms with Crippen LogP contribution in [0.25, 0.3) is 0 Å². The fraction of sp³-hybridized carbons (Fsp3) is 0.188. The van der Waals surface area contributed by atoms with E-state index in [9.17, 15) is 18.0 Å². The number of amides is 2. The molecule has 2 amide bonds. The van der Waals surface area contributed by atoms with E-state index in [1.807, 2.05) is 0 Å². The summed E-state index contributed by atoms with van der Waals surface area (Å²) in [4.78, 5) is 27.8. The summed E-state index contributed by atoms with van der Waals surface area (Å²) in [5.41, 5.74) is 5.13. The number of hydrogen-bond donors (Lipinski definition) is 3. The Morgan fingerprint density at radius 2 is 1.40 bits per heavy atom. The van der Waals surface area contributed by atoms with Crippen LogP contribution in [-0.2, 0) is 10.0 Å². The van der Waals surface area contributed by atoms with E-state index < -0.39 is 21.8 Å². The van der Waals surface area contributed by atoms with Crippen molar-refractivity contribution in [2.24, 2.45) is 0 Å². The Balaban J connectivity index is 1.60. The molecule has 0 saturated heterocycles. The Bertz CT molecular complexity index is 878. The molecule has 0 spiro atoms. The summed E-state index contributed by atoms with van der Waals surface area (Å²) >= 11 is 0. The lowest BCUT2D eigenvalue weighted by molar-refractivity contribution is 0.0846. The minimum atomic E-state index is -3.56. The van der Waals surface area contributed by atoms with Gasteiger partial charge in [0.2, 0.25) is 10.0 Å². The maximum Gasteiger partial charge on any atom is 0.269 e. The Morgan fingerprint density at radius 1 is 0.880 bits per heavy atom. The second kappa shape index (κ2) is 6.99. The number of hydrazine groups is 1. The predicted molar refractivity (Wildman–Crippen MR) is 89.0 cm³/mol. The first-order valence-corrected chi connectivity index (χ1v) is 9.07. The number of aromatic nitrogens is 1. The number of nitrogens with one attached hydrogen (secondary N) is 3. The van der Waals surface area contributed by atoms with Crippen LogP contribution in [-0.4, -0.2) is 31.3 Å². The normalized spacial score (nSPS) is 13.9. The van der Waals surface area contributed by atoms with E-state index in [0.717, 1.165) is 12.8 Å². The highest BCUT2D eigenvalue weighted by atomic mass is 32.2. The molecule has 0 radical (unpaired) electrons. The van der Waals surface area contributed by atoms with Crippen molar-refractivity contribution in [3.8, 4) is 0 Å². The van der Waals surface area contributed by atoms with Gasteiger partial charge in [0.15, 0.2) is 0 Å². The van der Waals surface area contributed by atoms with Crippen molar-refractivity contribution < 1.29 is 18.0 Å².